The molecule has 46 heavy (non-hydrogen) atoms. The number of para-hydroxylation sites is 5. The van der Waals surface area contributed by atoms with Crippen molar-refractivity contribution >= 4 is 32.8 Å². The molecule has 0 radical (unpaired) electrons. The van der Waals surface area contributed by atoms with Gasteiger partial charge in [-0.3, -0.25) is 9.55 Å². The maximum atomic E-state index is 5.18. The Labute approximate surface area is 266 Å². The molecule has 3 aromatic heterocycles. The van der Waals surface area contributed by atoms with Gasteiger partial charge >= 0.3 is 0 Å². The van der Waals surface area contributed by atoms with Crippen molar-refractivity contribution in [3.05, 3.63) is 170 Å². The molecular weight excluding hydrogens is 560 g/mol. The van der Waals surface area contributed by atoms with E-state index in [1.807, 2.05) is 30.5 Å². The zero-order valence-electron chi connectivity index (χ0n) is 25.0. The Morgan fingerprint density at radius 2 is 0.848 bits per heavy atom. The smallest absolute Gasteiger partial charge is 0.156 e. The predicted octanol–water partition coefficient (Wildman–Crippen LogP) is 10.5. The second-order valence-corrected chi connectivity index (χ2v) is 11.4. The van der Waals surface area contributed by atoms with Crippen LogP contribution in [0.15, 0.2) is 170 Å². The van der Waals surface area contributed by atoms with E-state index in [2.05, 4.69) is 149 Å². The number of rotatable bonds is 5. The SMILES string of the molecule is c1ccc(-c2c(-c3c(-c4ccccc4)n(-c4cnc5ccccc5n4)c4ccccc34)c3ccccc3n2-c2ccccc2)cc1. The highest BCUT2D eigenvalue weighted by Crippen LogP contribution is 2.50. The first-order valence-corrected chi connectivity index (χ1v) is 15.5. The molecule has 0 unspecified atom stereocenters. The summed E-state index contributed by atoms with van der Waals surface area (Å²) in [5.74, 6) is 0.785. The number of benzene rings is 6. The number of hydrogen-bond acceptors (Lipinski definition) is 2. The Hall–Kier alpha value is -6.26. The standard InChI is InChI=1S/C42H28N4/c1-4-16-29(17-5-1)41-39(32-22-10-14-26-36(32)45(41)31-20-8-3-9-21-31)40-33-23-11-15-27-37(33)46(42(40)30-18-6-2-7-19-30)38-28-43-34-24-12-13-25-35(34)44-38/h1-28H. The summed E-state index contributed by atoms with van der Waals surface area (Å²) in [6.07, 6.45) is 1.90. The third-order valence-corrected chi connectivity index (χ3v) is 8.77. The molecule has 4 nitrogen and oxygen atoms in total. The lowest BCUT2D eigenvalue weighted by molar-refractivity contribution is 1.05. The second-order valence-electron chi connectivity index (χ2n) is 11.4. The maximum Gasteiger partial charge on any atom is 0.156 e. The predicted molar refractivity (Wildman–Crippen MR) is 190 cm³/mol. The molecule has 0 N–H and O–H groups in total. The van der Waals surface area contributed by atoms with Crippen LogP contribution in [0.3, 0.4) is 0 Å². The molecule has 0 spiro atoms. The van der Waals surface area contributed by atoms with Crippen LogP contribution in [-0.2, 0) is 0 Å². The van der Waals surface area contributed by atoms with Gasteiger partial charge in [-0.1, -0.05) is 127 Å². The van der Waals surface area contributed by atoms with Gasteiger partial charge in [0.2, 0.25) is 0 Å². The van der Waals surface area contributed by atoms with Gasteiger partial charge in [-0.05, 0) is 47.5 Å². The minimum absolute atomic E-state index is 0.785. The van der Waals surface area contributed by atoms with Crippen molar-refractivity contribution in [2.24, 2.45) is 0 Å². The monoisotopic (exact) mass is 588 g/mol. The Morgan fingerprint density at radius 3 is 1.46 bits per heavy atom. The van der Waals surface area contributed by atoms with Crippen LogP contribution in [-0.4, -0.2) is 19.1 Å². The van der Waals surface area contributed by atoms with E-state index >= 15 is 0 Å². The first-order chi connectivity index (χ1) is 22.9. The van der Waals surface area contributed by atoms with Crippen molar-refractivity contribution in [1.82, 2.24) is 19.1 Å². The van der Waals surface area contributed by atoms with E-state index in [9.17, 15) is 0 Å². The Kier molecular flexibility index (Phi) is 6.10. The molecule has 0 amide bonds. The molecule has 6 aromatic carbocycles. The molecule has 0 saturated carbocycles. The van der Waals surface area contributed by atoms with Gasteiger partial charge in [-0.15, -0.1) is 0 Å². The van der Waals surface area contributed by atoms with Gasteiger partial charge in [0.05, 0.1) is 39.7 Å². The summed E-state index contributed by atoms with van der Waals surface area (Å²) in [6.45, 7) is 0. The van der Waals surface area contributed by atoms with Gasteiger partial charge in [-0.25, -0.2) is 4.98 Å². The first-order valence-electron chi connectivity index (χ1n) is 15.5. The quantitative estimate of drug-likeness (QED) is 0.200. The van der Waals surface area contributed by atoms with Gasteiger partial charge in [0.25, 0.3) is 0 Å². The van der Waals surface area contributed by atoms with E-state index in [1.165, 1.54) is 16.5 Å². The van der Waals surface area contributed by atoms with Gasteiger partial charge in [-0.2, -0.15) is 0 Å². The molecule has 0 atom stereocenters. The van der Waals surface area contributed by atoms with Crippen molar-refractivity contribution in [3.8, 4) is 45.1 Å². The van der Waals surface area contributed by atoms with Crippen molar-refractivity contribution < 1.29 is 0 Å². The van der Waals surface area contributed by atoms with E-state index in [0.717, 1.165) is 61.5 Å². The molecule has 0 aliphatic rings. The van der Waals surface area contributed by atoms with Gasteiger partial charge < -0.3 is 4.57 Å². The fourth-order valence-corrected chi connectivity index (χ4v) is 6.86. The average Bonchev–Trinajstić information content (AvgIpc) is 3.66. The summed E-state index contributed by atoms with van der Waals surface area (Å²) in [5.41, 5.74) is 11.9. The Balaban J connectivity index is 1.50. The van der Waals surface area contributed by atoms with Crippen LogP contribution in [0, 0.1) is 0 Å². The summed E-state index contributed by atoms with van der Waals surface area (Å²) < 4.78 is 4.71. The van der Waals surface area contributed by atoms with Crippen LogP contribution in [0.25, 0.3) is 78.0 Å². The largest absolute Gasteiger partial charge is 0.309 e. The molecule has 0 fully saturated rings. The topological polar surface area (TPSA) is 35.6 Å². The van der Waals surface area contributed by atoms with Gasteiger partial charge in [0.15, 0.2) is 5.82 Å². The highest BCUT2D eigenvalue weighted by Gasteiger charge is 2.28. The van der Waals surface area contributed by atoms with E-state index in [1.54, 1.807) is 0 Å². The van der Waals surface area contributed by atoms with Gasteiger partial charge in [0.1, 0.15) is 0 Å². The average molecular weight is 589 g/mol. The normalized spacial score (nSPS) is 11.5. The van der Waals surface area contributed by atoms with Crippen LogP contribution in [0.4, 0.5) is 0 Å². The van der Waals surface area contributed by atoms with Crippen LogP contribution >= 0.6 is 0 Å². The molecule has 216 valence electrons. The van der Waals surface area contributed by atoms with Crippen LogP contribution in [0.2, 0.25) is 0 Å². The zero-order chi connectivity index (χ0) is 30.5. The lowest BCUT2D eigenvalue weighted by Crippen LogP contribution is -2.02. The maximum absolute atomic E-state index is 5.18. The van der Waals surface area contributed by atoms with Crippen molar-refractivity contribution in [3.63, 3.8) is 0 Å². The fourth-order valence-electron chi connectivity index (χ4n) is 6.86. The van der Waals surface area contributed by atoms with Gasteiger partial charge in [0, 0.05) is 27.6 Å². The first kappa shape index (κ1) is 26.2. The van der Waals surface area contributed by atoms with Crippen molar-refractivity contribution in [2.45, 2.75) is 0 Å². The lowest BCUT2D eigenvalue weighted by Gasteiger charge is -2.15. The third kappa shape index (κ3) is 4.08. The summed E-state index contributed by atoms with van der Waals surface area (Å²) in [5, 5.41) is 2.35. The molecule has 0 aliphatic heterocycles. The fraction of sp³-hybridized carbons (Fsp3) is 0. The second kappa shape index (κ2) is 10.7. The lowest BCUT2D eigenvalue weighted by atomic mass is 9.93. The molecule has 0 bridgehead atoms. The highest BCUT2D eigenvalue weighted by molar-refractivity contribution is 6.16. The molecule has 9 rings (SSSR count). The molecule has 3 heterocycles. The molecular formula is C42H28N4. The highest BCUT2D eigenvalue weighted by atomic mass is 15.1. The molecule has 9 aromatic rings. The molecule has 0 aliphatic carbocycles. The summed E-state index contributed by atoms with van der Waals surface area (Å²) in [4.78, 5) is 10.0. The Bertz CT molecular complexity index is 2510. The summed E-state index contributed by atoms with van der Waals surface area (Å²) in [7, 11) is 0. The zero-order valence-corrected chi connectivity index (χ0v) is 25.0. The minimum Gasteiger partial charge on any atom is -0.309 e. The number of hydrogen-bond donors (Lipinski definition) is 0. The minimum atomic E-state index is 0.785. The van der Waals surface area contributed by atoms with E-state index in [0.29, 0.717) is 0 Å². The van der Waals surface area contributed by atoms with E-state index < -0.39 is 0 Å². The van der Waals surface area contributed by atoms with Crippen LogP contribution in [0.5, 0.6) is 0 Å². The number of nitrogens with zero attached hydrogens (tertiary/aromatic N) is 4. The molecule has 0 saturated heterocycles. The number of fused-ring (bicyclic) bond motifs is 3. The summed E-state index contributed by atoms with van der Waals surface area (Å²) >= 11 is 0. The summed E-state index contributed by atoms with van der Waals surface area (Å²) in [6, 6.07) is 57.6. The number of aromatic nitrogens is 4. The Morgan fingerprint density at radius 1 is 0.391 bits per heavy atom. The van der Waals surface area contributed by atoms with E-state index in [-0.39, 0.29) is 0 Å². The van der Waals surface area contributed by atoms with Crippen molar-refractivity contribution in [2.75, 3.05) is 0 Å². The molecule has 4 heteroatoms. The van der Waals surface area contributed by atoms with Crippen LogP contribution < -0.4 is 0 Å². The van der Waals surface area contributed by atoms with Crippen LogP contribution in [0.1, 0.15) is 0 Å². The van der Waals surface area contributed by atoms with Crippen molar-refractivity contribution in [1.29, 1.82) is 0 Å². The van der Waals surface area contributed by atoms with E-state index in [4.69, 9.17) is 9.97 Å². The third-order valence-electron chi connectivity index (χ3n) is 8.77.